The standard InChI is InChI=1S/C45H46N4O8S/c1-5-33-36(39-41(50)46(3)44(51)47(4)42(39)57-43(33)55-27-30-14-8-6-9-15-30)26-38-40-35(24-25-48(38)45(52)56-28-31-16-10-7-11-17-31)34-18-12-13-19-37(34)49(40)58(53,54)32-22-20-29(2)21-23-32/h6-23,33,36,38,43H,5,24-28H2,1-4H3/t33-,36+,38-,43+/m1/s1. The number of carbonyl (C=O) groups excluding carboxylic acids is 1. The number of hydrogen-bond donors (Lipinski definition) is 0. The Kier molecular flexibility index (Phi) is 10.6. The Morgan fingerprint density at radius 3 is 2.14 bits per heavy atom. The Morgan fingerprint density at radius 2 is 1.47 bits per heavy atom. The van der Waals surface area contributed by atoms with Crippen molar-refractivity contribution < 1.29 is 27.4 Å². The van der Waals surface area contributed by atoms with E-state index < -0.39 is 51.5 Å². The fourth-order valence-electron chi connectivity index (χ4n) is 8.60. The molecule has 300 valence electrons. The minimum atomic E-state index is -4.24. The number of para-hydroxylation sites is 1. The second-order valence-electron chi connectivity index (χ2n) is 15.1. The van der Waals surface area contributed by atoms with Crippen molar-refractivity contribution in [3.05, 3.63) is 164 Å². The molecule has 0 spiro atoms. The van der Waals surface area contributed by atoms with Crippen LogP contribution in [0.15, 0.2) is 124 Å². The molecule has 2 aromatic heterocycles. The molecule has 0 unspecified atom stereocenters. The molecule has 0 aliphatic carbocycles. The van der Waals surface area contributed by atoms with Crippen LogP contribution in [-0.2, 0) is 53.2 Å². The molecular weight excluding hydrogens is 757 g/mol. The molecule has 0 saturated heterocycles. The maximum Gasteiger partial charge on any atom is 0.410 e. The van der Waals surface area contributed by atoms with Crippen molar-refractivity contribution in [3.63, 3.8) is 0 Å². The van der Waals surface area contributed by atoms with Gasteiger partial charge in [-0.2, -0.15) is 0 Å². The summed E-state index contributed by atoms with van der Waals surface area (Å²) in [7, 11) is -1.26. The second-order valence-corrected chi connectivity index (χ2v) is 16.9. The minimum absolute atomic E-state index is 0.0101. The normalized spacial score (nSPS) is 19.0. The third-order valence-electron chi connectivity index (χ3n) is 11.6. The van der Waals surface area contributed by atoms with Gasteiger partial charge >= 0.3 is 11.8 Å². The lowest BCUT2D eigenvalue weighted by Gasteiger charge is -2.43. The third kappa shape index (κ3) is 6.92. The fourth-order valence-corrected chi connectivity index (χ4v) is 10.2. The van der Waals surface area contributed by atoms with Gasteiger partial charge in [0, 0.05) is 37.9 Å². The number of ether oxygens (including phenoxy) is 3. The number of nitrogens with zero attached hydrogens (tertiary/aromatic N) is 4. The van der Waals surface area contributed by atoms with Gasteiger partial charge in [-0.25, -0.2) is 22.0 Å². The van der Waals surface area contributed by atoms with Crippen LogP contribution in [0.1, 0.15) is 65.2 Å². The van der Waals surface area contributed by atoms with Crippen molar-refractivity contribution in [1.82, 2.24) is 18.0 Å². The summed E-state index contributed by atoms with van der Waals surface area (Å²) >= 11 is 0. The van der Waals surface area contributed by atoms with Gasteiger partial charge < -0.3 is 14.2 Å². The van der Waals surface area contributed by atoms with E-state index in [0.29, 0.717) is 24.1 Å². The highest BCUT2D eigenvalue weighted by molar-refractivity contribution is 7.90. The number of aryl methyl sites for hydroxylation is 1. The maximum absolute atomic E-state index is 15.0. The Hall–Kier alpha value is -5.92. The van der Waals surface area contributed by atoms with Crippen LogP contribution < -0.4 is 16.0 Å². The summed E-state index contributed by atoms with van der Waals surface area (Å²) in [6.45, 7) is 4.32. The Labute approximate surface area is 336 Å². The van der Waals surface area contributed by atoms with Crippen molar-refractivity contribution in [1.29, 1.82) is 0 Å². The number of amides is 1. The molecule has 2 aliphatic heterocycles. The van der Waals surface area contributed by atoms with Gasteiger partial charge in [-0.3, -0.25) is 18.8 Å². The third-order valence-corrected chi connectivity index (χ3v) is 13.3. The first-order valence-corrected chi connectivity index (χ1v) is 21.0. The summed E-state index contributed by atoms with van der Waals surface area (Å²) < 4.78 is 52.7. The molecule has 4 heterocycles. The molecule has 2 aliphatic rings. The molecule has 8 rings (SSSR count). The van der Waals surface area contributed by atoms with E-state index in [9.17, 15) is 22.8 Å². The lowest BCUT2D eigenvalue weighted by molar-refractivity contribution is -0.146. The van der Waals surface area contributed by atoms with E-state index in [1.165, 1.54) is 15.6 Å². The van der Waals surface area contributed by atoms with Crippen LogP contribution in [0.3, 0.4) is 0 Å². The van der Waals surface area contributed by atoms with Gasteiger partial charge in [0.15, 0.2) is 0 Å². The predicted molar refractivity (Wildman–Crippen MR) is 219 cm³/mol. The molecule has 0 radical (unpaired) electrons. The van der Waals surface area contributed by atoms with Crippen LogP contribution in [-0.4, -0.2) is 45.4 Å². The lowest BCUT2D eigenvalue weighted by atomic mass is 9.77. The van der Waals surface area contributed by atoms with E-state index in [2.05, 4.69) is 0 Å². The smallest absolute Gasteiger partial charge is 0.410 e. The zero-order valence-corrected chi connectivity index (χ0v) is 33.7. The Balaban J connectivity index is 1.32. The molecule has 6 aromatic rings. The molecule has 12 nitrogen and oxygen atoms in total. The van der Waals surface area contributed by atoms with E-state index >= 15 is 0 Å². The molecule has 4 aromatic carbocycles. The largest absolute Gasteiger partial charge is 0.449 e. The van der Waals surface area contributed by atoms with Gasteiger partial charge in [0.25, 0.3) is 15.6 Å². The molecule has 1 amide bonds. The Morgan fingerprint density at radius 1 is 0.828 bits per heavy atom. The van der Waals surface area contributed by atoms with Crippen LogP contribution in [0, 0.1) is 12.8 Å². The zero-order chi connectivity index (χ0) is 40.7. The maximum atomic E-state index is 15.0. The van der Waals surface area contributed by atoms with Crippen molar-refractivity contribution in [3.8, 4) is 5.88 Å². The van der Waals surface area contributed by atoms with E-state index in [4.69, 9.17) is 14.2 Å². The monoisotopic (exact) mass is 802 g/mol. The molecular formula is C45H46N4O8S. The molecule has 4 atom stereocenters. The quantitative estimate of drug-likeness (QED) is 0.145. The lowest BCUT2D eigenvalue weighted by Crippen LogP contribution is -2.49. The first kappa shape index (κ1) is 38.9. The first-order valence-electron chi connectivity index (χ1n) is 19.5. The van der Waals surface area contributed by atoms with Crippen molar-refractivity contribution in [2.45, 2.75) is 69.5 Å². The van der Waals surface area contributed by atoms with Gasteiger partial charge in [0.1, 0.15) is 6.61 Å². The van der Waals surface area contributed by atoms with E-state index in [1.54, 1.807) is 48.3 Å². The van der Waals surface area contributed by atoms with E-state index in [1.807, 2.05) is 86.6 Å². The first-order chi connectivity index (χ1) is 28.0. The summed E-state index contributed by atoms with van der Waals surface area (Å²) in [6, 6.07) is 32.2. The van der Waals surface area contributed by atoms with Gasteiger partial charge in [-0.1, -0.05) is 103 Å². The topological polar surface area (TPSA) is 131 Å². The molecule has 13 heteroatoms. The average Bonchev–Trinajstić information content (AvgIpc) is 3.60. The fraction of sp³-hybridized carbons (Fsp3) is 0.311. The van der Waals surface area contributed by atoms with Crippen LogP contribution >= 0.6 is 0 Å². The summed E-state index contributed by atoms with van der Waals surface area (Å²) in [5.74, 6) is -1.02. The zero-order valence-electron chi connectivity index (χ0n) is 32.9. The molecule has 0 bridgehead atoms. The number of benzene rings is 4. The van der Waals surface area contributed by atoms with Crippen molar-refractivity contribution >= 4 is 27.0 Å². The van der Waals surface area contributed by atoms with Crippen LogP contribution in [0.4, 0.5) is 4.79 Å². The summed E-state index contributed by atoms with van der Waals surface area (Å²) in [6.07, 6.45) is -0.540. The summed E-state index contributed by atoms with van der Waals surface area (Å²) in [5.41, 5.74) is 3.52. The highest BCUT2D eigenvalue weighted by atomic mass is 32.2. The molecule has 0 fully saturated rings. The van der Waals surface area contributed by atoms with E-state index in [-0.39, 0.29) is 42.5 Å². The number of carbonyl (C=O) groups is 1. The van der Waals surface area contributed by atoms with E-state index in [0.717, 1.165) is 32.2 Å². The van der Waals surface area contributed by atoms with Crippen LogP contribution in [0.2, 0.25) is 0 Å². The molecule has 0 N–H and O–H groups in total. The number of hydrogen-bond acceptors (Lipinski definition) is 8. The number of aromatic nitrogens is 3. The van der Waals surface area contributed by atoms with Crippen molar-refractivity contribution in [2.75, 3.05) is 6.54 Å². The van der Waals surface area contributed by atoms with Gasteiger partial charge in [-0.15, -0.1) is 0 Å². The van der Waals surface area contributed by atoms with Gasteiger partial charge in [0.2, 0.25) is 12.2 Å². The molecule has 0 saturated carbocycles. The minimum Gasteiger partial charge on any atom is -0.449 e. The highest BCUT2D eigenvalue weighted by Gasteiger charge is 2.47. The second kappa shape index (κ2) is 15.8. The van der Waals surface area contributed by atoms with Crippen molar-refractivity contribution in [2.24, 2.45) is 20.0 Å². The van der Waals surface area contributed by atoms with Crippen LogP contribution in [0.5, 0.6) is 5.88 Å². The van der Waals surface area contributed by atoms with Crippen LogP contribution in [0.25, 0.3) is 10.9 Å². The number of fused-ring (bicyclic) bond motifs is 4. The Bertz CT molecular complexity index is 2710. The van der Waals surface area contributed by atoms with Gasteiger partial charge in [-0.05, 0) is 61.1 Å². The van der Waals surface area contributed by atoms with Gasteiger partial charge in [0.05, 0.1) is 34.3 Å². The predicted octanol–water partition coefficient (Wildman–Crippen LogP) is 6.96. The number of rotatable bonds is 10. The highest BCUT2D eigenvalue weighted by Crippen LogP contribution is 2.49. The average molecular weight is 803 g/mol. The summed E-state index contributed by atoms with van der Waals surface area (Å²) in [4.78, 5) is 43.8. The SMILES string of the molecule is CC[C@H]1[C@@H](OCc2ccccc2)Oc2c(c(=O)n(C)c(=O)n2C)[C@H]1C[C@@H]1c2c(c3ccccc3n2S(=O)(=O)c2ccc(C)cc2)CCN1C(=O)OCc1ccccc1. The molecule has 58 heavy (non-hydrogen) atoms. The summed E-state index contributed by atoms with van der Waals surface area (Å²) in [5, 5.41) is 0.761.